The highest BCUT2D eigenvalue weighted by Crippen LogP contribution is 2.33. The van der Waals surface area contributed by atoms with Crippen molar-refractivity contribution < 1.29 is 9.50 Å². The third-order valence-electron chi connectivity index (χ3n) is 3.49. The molecule has 2 heterocycles. The Hall–Kier alpha value is -0.870. The number of hydrogen-bond acceptors (Lipinski definition) is 3. The number of piperidine rings is 1. The number of aliphatic hydroxyl groups is 1. The highest BCUT2D eigenvalue weighted by molar-refractivity contribution is 6.29. The molecule has 1 aliphatic rings. The Morgan fingerprint density at radius 3 is 2.76 bits per heavy atom. The lowest BCUT2D eigenvalue weighted by atomic mass is 9.81. The minimum absolute atomic E-state index is 0.0379. The molecular weight excluding hydrogens is 243 g/mol. The molecule has 94 valence electrons. The fourth-order valence-electron chi connectivity index (χ4n) is 2.09. The van der Waals surface area contributed by atoms with Crippen LogP contribution < -0.4 is 4.90 Å². The van der Waals surface area contributed by atoms with Gasteiger partial charge in [-0.2, -0.15) is 0 Å². The van der Waals surface area contributed by atoms with E-state index in [2.05, 4.69) is 11.9 Å². The number of hydrogen-bond donors (Lipinski definition) is 1. The summed E-state index contributed by atoms with van der Waals surface area (Å²) in [6, 6.07) is 1.55. The van der Waals surface area contributed by atoms with Gasteiger partial charge in [-0.15, -0.1) is 0 Å². The Kier molecular flexibility index (Phi) is 3.54. The van der Waals surface area contributed by atoms with E-state index in [1.54, 1.807) is 6.07 Å². The average molecular weight is 259 g/mol. The van der Waals surface area contributed by atoms with Crippen LogP contribution in [0.2, 0.25) is 5.15 Å². The van der Waals surface area contributed by atoms with Gasteiger partial charge < -0.3 is 10.0 Å². The van der Waals surface area contributed by atoms with E-state index in [-0.39, 0.29) is 17.8 Å². The van der Waals surface area contributed by atoms with E-state index in [1.807, 2.05) is 4.90 Å². The predicted octanol–water partition coefficient (Wildman–Crippen LogP) is 2.47. The Balaban J connectivity index is 2.13. The van der Waals surface area contributed by atoms with Crippen molar-refractivity contribution in [1.82, 2.24) is 4.98 Å². The van der Waals surface area contributed by atoms with Gasteiger partial charge in [0.05, 0.1) is 11.9 Å². The molecule has 0 aliphatic carbocycles. The molecule has 0 amide bonds. The van der Waals surface area contributed by atoms with E-state index in [0.717, 1.165) is 32.1 Å². The zero-order valence-electron chi connectivity index (χ0n) is 9.79. The molecule has 1 N–H and O–H groups in total. The molecule has 2 rings (SSSR count). The van der Waals surface area contributed by atoms with Crippen LogP contribution in [0.4, 0.5) is 10.1 Å². The van der Waals surface area contributed by atoms with Gasteiger partial charge in [0.2, 0.25) is 0 Å². The van der Waals surface area contributed by atoms with Gasteiger partial charge in [0.15, 0.2) is 5.82 Å². The summed E-state index contributed by atoms with van der Waals surface area (Å²) in [5.41, 5.74) is 0.467. The number of rotatable bonds is 2. The third-order valence-corrected chi connectivity index (χ3v) is 3.70. The van der Waals surface area contributed by atoms with Crippen molar-refractivity contribution in [2.24, 2.45) is 5.41 Å². The van der Waals surface area contributed by atoms with Crippen molar-refractivity contribution in [1.29, 1.82) is 0 Å². The van der Waals surface area contributed by atoms with Gasteiger partial charge in [0.1, 0.15) is 5.15 Å². The number of pyridine rings is 1. The second kappa shape index (κ2) is 4.78. The summed E-state index contributed by atoms with van der Waals surface area (Å²) in [7, 11) is 0. The number of aliphatic hydroxyl groups excluding tert-OH is 1. The highest BCUT2D eigenvalue weighted by Gasteiger charge is 2.30. The van der Waals surface area contributed by atoms with Crippen LogP contribution in [0.1, 0.15) is 19.8 Å². The second-order valence-electron chi connectivity index (χ2n) is 4.91. The second-order valence-corrected chi connectivity index (χ2v) is 5.30. The van der Waals surface area contributed by atoms with Crippen LogP contribution in [-0.2, 0) is 0 Å². The molecule has 0 unspecified atom stereocenters. The summed E-state index contributed by atoms with van der Waals surface area (Å²) in [4.78, 5) is 5.66. The number of anilines is 1. The molecule has 0 atom stereocenters. The molecule has 1 fully saturated rings. The van der Waals surface area contributed by atoms with Crippen molar-refractivity contribution in [2.75, 3.05) is 24.6 Å². The van der Waals surface area contributed by atoms with E-state index < -0.39 is 0 Å². The molecule has 1 aliphatic heterocycles. The first-order chi connectivity index (χ1) is 8.04. The van der Waals surface area contributed by atoms with Gasteiger partial charge in [0.25, 0.3) is 0 Å². The number of halogens is 2. The molecular formula is C12H16ClFN2O. The molecule has 0 aromatic carbocycles. The molecule has 3 nitrogen and oxygen atoms in total. The highest BCUT2D eigenvalue weighted by atomic mass is 35.5. The van der Waals surface area contributed by atoms with E-state index >= 15 is 0 Å². The van der Waals surface area contributed by atoms with Crippen molar-refractivity contribution in [3.63, 3.8) is 0 Å². The fourth-order valence-corrected chi connectivity index (χ4v) is 2.24. The van der Waals surface area contributed by atoms with Crippen molar-refractivity contribution >= 4 is 17.3 Å². The maximum absolute atomic E-state index is 13.6. The summed E-state index contributed by atoms with van der Waals surface area (Å²) >= 11 is 5.77. The van der Waals surface area contributed by atoms with E-state index in [1.165, 1.54) is 0 Å². The molecule has 5 heteroatoms. The zero-order valence-corrected chi connectivity index (χ0v) is 10.5. The van der Waals surface area contributed by atoms with E-state index in [9.17, 15) is 9.50 Å². The summed E-state index contributed by atoms with van der Waals surface area (Å²) in [5.74, 6) is -0.345. The van der Waals surface area contributed by atoms with E-state index in [0.29, 0.717) is 10.8 Å². The maximum Gasteiger partial charge on any atom is 0.164 e. The van der Waals surface area contributed by atoms with Crippen LogP contribution in [0.3, 0.4) is 0 Å². The summed E-state index contributed by atoms with van der Waals surface area (Å²) in [6.45, 7) is 3.70. The Morgan fingerprint density at radius 2 is 2.18 bits per heavy atom. The lowest BCUT2D eigenvalue weighted by Crippen LogP contribution is -2.40. The molecule has 17 heavy (non-hydrogen) atoms. The van der Waals surface area contributed by atoms with Crippen molar-refractivity contribution in [2.45, 2.75) is 19.8 Å². The monoisotopic (exact) mass is 258 g/mol. The number of nitrogens with zero attached hydrogens (tertiary/aromatic N) is 2. The van der Waals surface area contributed by atoms with Crippen molar-refractivity contribution in [3.8, 4) is 0 Å². The molecule has 0 radical (unpaired) electrons. The Labute approximate surface area is 105 Å². The van der Waals surface area contributed by atoms with Gasteiger partial charge in [-0.3, -0.25) is 0 Å². The van der Waals surface area contributed by atoms with Gasteiger partial charge in [-0.05, 0) is 18.3 Å². The van der Waals surface area contributed by atoms with Crippen LogP contribution in [0, 0.1) is 11.2 Å². The standard InChI is InChI=1S/C12H16ClFN2O/c1-12(8-17)2-4-16(5-3-12)10-6-11(13)15-7-9(10)14/h6-7,17H,2-5,8H2,1H3. The first-order valence-corrected chi connectivity index (χ1v) is 6.09. The van der Waals surface area contributed by atoms with Gasteiger partial charge in [0, 0.05) is 25.8 Å². The van der Waals surface area contributed by atoms with Gasteiger partial charge in [-0.1, -0.05) is 18.5 Å². The smallest absolute Gasteiger partial charge is 0.164 e. The molecule has 0 saturated carbocycles. The molecule has 1 aromatic heterocycles. The number of aromatic nitrogens is 1. The molecule has 0 bridgehead atoms. The Morgan fingerprint density at radius 1 is 1.53 bits per heavy atom. The lowest BCUT2D eigenvalue weighted by molar-refractivity contribution is 0.114. The lowest BCUT2D eigenvalue weighted by Gasteiger charge is -2.39. The van der Waals surface area contributed by atoms with Crippen LogP contribution in [0.15, 0.2) is 12.3 Å². The van der Waals surface area contributed by atoms with Gasteiger partial charge >= 0.3 is 0 Å². The van der Waals surface area contributed by atoms with Crippen LogP contribution in [-0.4, -0.2) is 29.8 Å². The quantitative estimate of drug-likeness (QED) is 0.828. The average Bonchev–Trinajstić information content (AvgIpc) is 2.34. The summed E-state index contributed by atoms with van der Waals surface area (Å²) in [5, 5.41) is 9.58. The first kappa shape index (κ1) is 12.6. The van der Waals surface area contributed by atoms with E-state index in [4.69, 9.17) is 11.6 Å². The van der Waals surface area contributed by atoms with Crippen LogP contribution in [0.25, 0.3) is 0 Å². The molecule has 0 spiro atoms. The maximum atomic E-state index is 13.6. The minimum Gasteiger partial charge on any atom is -0.396 e. The van der Waals surface area contributed by atoms with Crippen LogP contribution in [0.5, 0.6) is 0 Å². The predicted molar refractivity (Wildman–Crippen MR) is 65.8 cm³/mol. The largest absolute Gasteiger partial charge is 0.396 e. The third kappa shape index (κ3) is 2.69. The Bertz CT molecular complexity index is 405. The minimum atomic E-state index is -0.345. The molecule has 1 saturated heterocycles. The summed E-state index contributed by atoms with van der Waals surface area (Å²) < 4.78 is 13.6. The van der Waals surface area contributed by atoms with Crippen LogP contribution >= 0.6 is 11.6 Å². The fraction of sp³-hybridized carbons (Fsp3) is 0.583. The topological polar surface area (TPSA) is 36.4 Å². The SMILES string of the molecule is CC1(CO)CCN(c2cc(Cl)ncc2F)CC1. The normalized spacial score (nSPS) is 19.4. The van der Waals surface area contributed by atoms with Gasteiger partial charge in [-0.25, -0.2) is 9.37 Å². The van der Waals surface area contributed by atoms with Crippen molar-refractivity contribution in [3.05, 3.63) is 23.2 Å². The summed E-state index contributed by atoms with van der Waals surface area (Å²) in [6.07, 6.45) is 2.85. The molecule has 1 aromatic rings. The zero-order chi connectivity index (χ0) is 12.5. The first-order valence-electron chi connectivity index (χ1n) is 5.71.